The Bertz CT molecular complexity index is 706. The predicted octanol–water partition coefficient (Wildman–Crippen LogP) is 1.95. The van der Waals surface area contributed by atoms with Crippen molar-refractivity contribution in [1.29, 1.82) is 0 Å². The predicted molar refractivity (Wildman–Crippen MR) is 94.4 cm³/mol. The molecule has 1 saturated heterocycles. The number of likely N-dealkylation sites (N-methyl/N-ethyl adjacent to an activating group) is 1. The van der Waals surface area contributed by atoms with Crippen molar-refractivity contribution >= 4 is 23.1 Å². The van der Waals surface area contributed by atoms with Crippen LogP contribution in [0.15, 0.2) is 30.0 Å². The molecule has 0 aromatic carbocycles. The molecule has 3 rings (SSSR count). The van der Waals surface area contributed by atoms with Gasteiger partial charge >= 0.3 is 0 Å². The van der Waals surface area contributed by atoms with Gasteiger partial charge in [0.2, 0.25) is 0 Å². The maximum atomic E-state index is 12.6. The number of piperidine rings is 1. The Hall–Kier alpha value is -1.99. The van der Waals surface area contributed by atoms with Gasteiger partial charge in [0, 0.05) is 32.5 Å². The highest BCUT2D eigenvalue weighted by Crippen LogP contribution is 2.26. The third kappa shape index (κ3) is 3.57. The molecule has 1 amide bonds. The van der Waals surface area contributed by atoms with E-state index in [4.69, 9.17) is 0 Å². The van der Waals surface area contributed by atoms with E-state index in [1.807, 2.05) is 23.3 Å². The average Bonchev–Trinajstić information content (AvgIpc) is 3.00. The summed E-state index contributed by atoms with van der Waals surface area (Å²) in [5, 5.41) is 12.9. The molecule has 1 N–H and O–H groups in total. The lowest BCUT2D eigenvalue weighted by Crippen LogP contribution is -2.54. The molecule has 7 heteroatoms. The first-order chi connectivity index (χ1) is 11.5. The minimum atomic E-state index is -0.939. The van der Waals surface area contributed by atoms with Gasteiger partial charge in [-0.15, -0.1) is 11.3 Å². The molecule has 6 nitrogen and oxygen atoms in total. The Morgan fingerprint density at radius 2 is 2.33 bits per heavy atom. The molecule has 2 aromatic heterocycles. The van der Waals surface area contributed by atoms with Crippen LogP contribution in [0.5, 0.6) is 0 Å². The van der Waals surface area contributed by atoms with Crippen molar-refractivity contribution in [1.82, 2.24) is 14.9 Å². The second kappa shape index (κ2) is 6.86. The summed E-state index contributed by atoms with van der Waals surface area (Å²) in [4.78, 5) is 25.4. The molecule has 1 fully saturated rings. The van der Waals surface area contributed by atoms with Crippen LogP contribution in [0.3, 0.4) is 0 Å². The fourth-order valence-corrected chi connectivity index (χ4v) is 4.09. The first kappa shape index (κ1) is 16.9. The van der Waals surface area contributed by atoms with Crippen LogP contribution in [-0.4, -0.2) is 58.2 Å². The van der Waals surface area contributed by atoms with Gasteiger partial charge in [-0.1, -0.05) is 0 Å². The third-order valence-corrected chi connectivity index (χ3v) is 5.37. The summed E-state index contributed by atoms with van der Waals surface area (Å²) in [6.07, 6.45) is 6.52. The largest absolute Gasteiger partial charge is 0.386 e. The Balaban J connectivity index is 1.69. The van der Waals surface area contributed by atoms with E-state index in [2.05, 4.69) is 9.97 Å². The maximum Gasteiger partial charge on any atom is 0.264 e. The van der Waals surface area contributed by atoms with Crippen LogP contribution in [0.25, 0.3) is 0 Å². The number of carbonyl (C=O) groups is 1. The highest BCUT2D eigenvalue weighted by atomic mass is 32.1. The van der Waals surface area contributed by atoms with Crippen molar-refractivity contribution in [3.8, 4) is 0 Å². The lowest BCUT2D eigenvalue weighted by molar-refractivity contribution is -0.0000418. The minimum absolute atomic E-state index is 0.0347. The molecule has 0 bridgehead atoms. The number of thiophene rings is 1. The summed E-state index contributed by atoms with van der Waals surface area (Å²) in [6, 6.07) is 1.94. The van der Waals surface area contributed by atoms with Crippen LogP contribution in [0, 0.1) is 6.92 Å². The van der Waals surface area contributed by atoms with Gasteiger partial charge in [-0.05, 0) is 36.8 Å². The molecule has 1 aliphatic rings. The topological polar surface area (TPSA) is 69.6 Å². The van der Waals surface area contributed by atoms with Crippen LogP contribution in [0.4, 0.5) is 5.82 Å². The molecule has 3 heterocycles. The summed E-state index contributed by atoms with van der Waals surface area (Å²) in [7, 11) is 1.75. The number of hydrogen-bond acceptors (Lipinski definition) is 6. The van der Waals surface area contributed by atoms with Gasteiger partial charge in [-0.25, -0.2) is 4.98 Å². The van der Waals surface area contributed by atoms with Crippen molar-refractivity contribution in [3.05, 3.63) is 40.5 Å². The van der Waals surface area contributed by atoms with Crippen molar-refractivity contribution in [3.63, 3.8) is 0 Å². The molecule has 0 aliphatic carbocycles. The van der Waals surface area contributed by atoms with Crippen LogP contribution in [0.1, 0.15) is 28.1 Å². The van der Waals surface area contributed by atoms with E-state index in [0.29, 0.717) is 19.5 Å². The van der Waals surface area contributed by atoms with Gasteiger partial charge in [-0.3, -0.25) is 9.78 Å². The summed E-state index contributed by atoms with van der Waals surface area (Å²) in [6.45, 7) is 3.53. The highest BCUT2D eigenvalue weighted by Gasteiger charge is 2.36. The van der Waals surface area contributed by atoms with E-state index in [0.717, 1.165) is 29.2 Å². The molecule has 0 spiro atoms. The van der Waals surface area contributed by atoms with Crippen molar-refractivity contribution in [2.24, 2.45) is 0 Å². The Morgan fingerprint density at radius 1 is 1.50 bits per heavy atom. The van der Waals surface area contributed by atoms with Crippen LogP contribution >= 0.6 is 11.3 Å². The number of aromatic nitrogens is 2. The summed E-state index contributed by atoms with van der Waals surface area (Å²) < 4.78 is 0. The number of aliphatic hydroxyl groups is 1. The first-order valence-corrected chi connectivity index (χ1v) is 8.89. The van der Waals surface area contributed by atoms with Crippen molar-refractivity contribution < 1.29 is 9.90 Å². The number of β-amino-alcohol motifs (C(OH)–C–C–N with tert-alkyl or cyclic N) is 1. The molecule has 2 aromatic rings. The molecule has 1 atom stereocenters. The van der Waals surface area contributed by atoms with E-state index in [-0.39, 0.29) is 5.91 Å². The maximum absolute atomic E-state index is 12.6. The fourth-order valence-electron chi connectivity index (χ4n) is 3.17. The van der Waals surface area contributed by atoms with E-state index >= 15 is 0 Å². The van der Waals surface area contributed by atoms with Crippen molar-refractivity contribution in [2.75, 3.05) is 31.6 Å². The third-order valence-electron chi connectivity index (χ3n) is 4.36. The Labute approximate surface area is 145 Å². The Morgan fingerprint density at radius 3 is 3.00 bits per heavy atom. The van der Waals surface area contributed by atoms with Crippen molar-refractivity contribution in [2.45, 2.75) is 25.4 Å². The van der Waals surface area contributed by atoms with Gasteiger partial charge in [-0.2, -0.15) is 0 Å². The second-order valence-electron chi connectivity index (χ2n) is 6.41. The molecule has 0 saturated carbocycles. The number of aryl methyl sites for hydroxylation is 1. The zero-order valence-corrected chi connectivity index (χ0v) is 14.8. The molecule has 128 valence electrons. The zero-order chi connectivity index (χ0) is 17.2. The molecule has 1 aliphatic heterocycles. The molecular weight excluding hydrogens is 324 g/mol. The van der Waals surface area contributed by atoms with Gasteiger partial charge in [0.15, 0.2) is 0 Å². The van der Waals surface area contributed by atoms with E-state index in [1.165, 1.54) is 11.3 Å². The SMILES string of the molecule is Cc1ccsc1C(=O)N(C)C[C@]1(O)CCCN(c2cnccn2)C1. The number of nitrogens with zero attached hydrogens (tertiary/aromatic N) is 4. The molecule has 24 heavy (non-hydrogen) atoms. The number of amides is 1. The Kier molecular flexibility index (Phi) is 4.82. The lowest BCUT2D eigenvalue weighted by atomic mass is 9.92. The first-order valence-electron chi connectivity index (χ1n) is 8.01. The number of hydrogen-bond donors (Lipinski definition) is 1. The van der Waals surface area contributed by atoms with E-state index in [9.17, 15) is 9.90 Å². The fraction of sp³-hybridized carbons (Fsp3) is 0.471. The monoisotopic (exact) mass is 346 g/mol. The van der Waals surface area contributed by atoms with Crippen LogP contribution < -0.4 is 4.90 Å². The summed E-state index contributed by atoms with van der Waals surface area (Å²) in [5.41, 5.74) is 0.0411. The molecule has 0 unspecified atom stereocenters. The standard InChI is InChI=1S/C17H22N4O2S/c1-13-4-9-24-15(13)16(22)20(2)11-17(23)5-3-8-21(12-17)14-10-18-6-7-19-14/h4,6-7,9-10,23H,3,5,8,11-12H2,1-2H3/t17-/m1/s1. The number of anilines is 1. The normalized spacial score (nSPS) is 20.9. The molecular formula is C17H22N4O2S. The number of carbonyl (C=O) groups excluding carboxylic acids is 1. The van der Waals surface area contributed by atoms with Gasteiger partial charge in [0.05, 0.1) is 23.2 Å². The van der Waals surface area contributed by atoms with E-state index in [1.54, 1.807) is 30.5 Å². The number of rotatable bonds is 4. The minimum Gasteiger partial charge on any atom is -0.386 e. The summed E-state index contributed by atoms with van der Waals surface area (Å²) in [5.74, 6) is 0.728. The average molecular weight is 346 g/mol. The van der Waals surface area contributed by atoms with E-state index < -0.39 is 5.60 Å². The van der Waals surface area contributed by atoms with Gasteiger partial charge < -0.3 is 14.9 Å². The highest BCUT2D eigenvalue weighted by molar-refractivity contribution is 7.12. The smallest absolute Gasteiger partial charge is 0.264 e. The quantitative estimate of drug-likeness (QED) is 0.916. The zero-order valence-electron chi connectivity index (χ0n) is 14.0. The second-order valence-corrected chi connectivity index (χ2v) is 7.32. The van der Waals surface area contributed by atoms with Crippen LogP contribution in [0.2, 0.25) is 0 Å². The lowest BCUT2D eigenvalue weighted by Gasteiger charge is -2.41. The van der Waals surface area contributed by atoms with Crippen LogP contribution in [-0.2, 0) is 0 Å². The van der Waals surface area contributed by atoms with Gasteiger partial charge in [0.25, 0.3) is 5.91 Å². The summed E-state index contributed by atoms with van der Waals surface area (Å²) >= 11 is 1.44. The van der Waals surface area contributed by atoms with Gasteiger partial charge in [0.1, 0.15) is 5.82 Å². The molecule has 0 radical (unpaired) electrons.